The van der Waals surface area contributed by atoms with E-state index in [-0.39, 0.29) is 0 Å². The van der Waals surface area contributed by atoms with Gasteiger partial charge in [-0.3, -0.25) is 0 Å². The van der Waals surface area contributed by atoms with Gasteiger partial charge in [0.15, 0.2) is 0 Å². The van der Waals surface area contributed by atoms with Crippen molar-refractivity contribution in [3.05, 3.63) is 22.7 Å². The third kappa shape index (κ3) is 1.84. The lowest BCUT2D eigenvalue weighted by Gasteiger charge is -2.32. The van der Waals surface area contributed by atoms with Crippen molar-refractivity contribution in [1.82, 2.24) is 0 Å². The Morgan fingerprint density at radius 3 is 3.00 bits per heavy atom. The lowest BCUT2D eigenvalue weighted by atomic mass is 9.81. The molecule has 1 N–H and O–H groups in total. The molecule has 13 heavy (non-hydrogen) atoms. The van der Waals surface area contributed by atoms with E-state index in [1.807, 2.05) is 6.92 Å². The summed E-state index contributed by atoms with van der Waals surface area (Å²) in [5.41, 5.74) is -1.02. The second-order valence-corrected chi connectivity index (χ2v) is 4.03. The Hall–Kier alpha value is -0.590. The molecule has 2 nitrogen and oxygen atoms in total. The summed E-state index contributed by atoms with van der Waals surface area (Å²) in [5.74, 6) is -0.438. The number of nitriles is 1. The van der Waals surface area contributed by atoms with E-state index in [0.29, 0.717) is 10.9 Å². The summed E-state index contributed by atoms with van der Waals surface area (Å²) in [7, 11) is 0. The quantitative estimate of drug-likeness (QED) is 0.808. The first-order valence-corrected chi connectivity index (χ1v) is 5.11. The third-order valence-corrected chi connectivity index (χ3v) is 3.20. The lowest BCUT2D eigenvalue weighted by molar-refractivity contribution is 0.0534. The van der Waals surface area contributed by atoms with Gasteiger partial charge in [-0.25, -0.2) is 0 Å². The molecule has 0 saturated heterocycles. The van der Waals surface area contributed by atoms with E-state index in [0.717, 1.165) is 6.42 Å². The highest BCUT2D eigenvalue weighted by atomic mass is 79.9. The van der Waals surface area contributed by atoms with Gasteiger partial charge in [0, 0.05) is 4.48 Å². The smallest absolute Gasteiger partial charge is 0.115 e. The number of hydrogen-bond donors (Lipinski definition) is 1. The van der Waals surface area contributed by atoms with Crippen molar-refractivity contribution in [2.24, 2.45) is 5.92 Å². The molecule has 0 aromatic heterocycles. The van der Waals surface area contributed by atoms with Gasteiger partial charge in [-0.2, -0.15) is 5.26 Å². The van der Waals surface area contributed by atoms with Gasteiger partial charge in [0.05, 0.1) is 12.0 Å². The zero-order chi connectivity index (χ0) is 9.90. The van der Waals surface area contributed by atoms with E-state index in [2.05, 4.69) is 22.0 Å². The fraction of sp³-hybridized carbons (Fsp3) is 0.500. The van der Waals surface area contributed by atoms with Crippen LogP contribution in [-0.2, 0) is 0 Å². The maximum Gasteiger partial charge on any atom is 0.115 e. The van der Waals surface area contributed by atoms with Gasteiger partial charge < -0.3 is 5.11 Å². The monoisotopic (exact) mass is 241 g/mol. The maximum absolute atomic E-state index is 10.2. The Morgan fingerprint density at radius 2 is 2.46 bits per heavy atom. The maximum atomic E-state index is 10.2. The van der Waals surface area contributed by atoms with Crippen molar-refractivity contribution >= 4 is 15.9 Å². The predicted molar refractivity (Wildman–Crippen MR) is 55.1 cm³/mol. The molecule has 2 atom stereocenters. The number of hydrogen-bond acceptors (Lipinski definition) is 2. The first-order chi connectivity index (χ1) is 6.15. The molecule has 3 heteroatoms. The molecule has 0 radical (unpaired) electrons. The van der Waals surface area contributed by atoms with Crippen LogP contribution < -0.4 is 0 Å². The average Bonchev–Trinajstić information content (AvgIpc) is 2.10. The molecule has 0 saturated carbocycles. The Labute approximate surface area is 86.7 Å². The van der Waals surface area contributed by atoms with Crippen LogP contribution >= 0.6 is 15.9 Å². The molecule has 0 heterocycles. The number of allylic oxidation sites excluding steroid dienone is 2. The molecular formula is C10H12BrNO. The molecular weight excluding hydrogens is 230 g/mol. The number of aliphatic hydroxyl groups is 1. The van der Waals surface area contributed by atoms with Crippen LogP contribution in [0.1, 0.15) is 19.8 Å². The van der Waals surface area contributed by atoms with Crippen molar-refractivity contribution in [3.63, 3.8) is 0 Å². The minimum atomic E-state index is -1.02. The normalized spacial score (nSPS) is 32.5. The van der Waals surface area contributed by atoms with Crippen LogP contribution in [0.15, 0.2) is 22.7 Å². The molecule has 0 spiro atoms. The Bertz CT molecular complexity index is 290. The molecule has 0 aromatic carbocycles. The predicted octanol–water partition coefficient (Wildman–Crippen LogP) is 2.51. The Balaban J connectivity index is 2.97. The lowest BCUT2D eigenvalue weighted by Crippen LogP contribution is -2.37. The largest absolute Gasteiger partial charge is 0.383 e. The molecule has 0 aromatic rings. The van der Waals surface area contributed by atoms with Gasteiger partial charge in [-0.1, -0.05) is 41.4 Å². The highest BCUT2D eigenvalue weighted by Crippen LogP contribution is 2.37. The molecule has 1 rings (SSSR count). The summed E-state index contributed by atoms with van der Waals surface area (Å²) in [4.78, 5) is 0. The first kappa shape index (κ1) is 10.5. The molecule has 0 bridgehead atoms. The van der Waals surface area contributed by atoms with Gasteiger partial charge in [0.25, 0.3) is 0 Å². The minimum Gasteiger partial charge on any atom is -0.383 e. The van der Waals surface area contributed by atoms with E-state index < -0.39 is 11.5 Å². The van der Waals surface area contributed by atoms with E-state index >= 15 is 0 Å². The zero-order valence-corrected chi connectivity index (χ0v) is 9.08. The third-order valence-electron chi connectivity index (χ3n) is 2.24. The van der Waals surface area contributed by atoms with Crippen LogP contribution in [0.3, 0.4) is 0 Å². The first-order valence-electron chi connectivity index (χ1n) is 4.31. The Morgan fingerprint density at radius 1 is 1.77 bits per heavy atom. The number of rotatable bonds is 2. The fourth-order valence-corrected chi connectivity index (χ4v) is 2.11. The summed E-state index contributed by atoms with van der Waals surface area (Å²) in [6.07, 6.45) is 6.78. The summed E-state index contributed by atoms with van der Waals surface area (Å²) in [5, 5.41) is 19.1. The van der Waals surface area contributed by atoms with Crippen LogP contribution in [0.2, 0.25) is 0 Å². The Kier molecular flexibility index (Phi) is 3.29. The molecule has 0 amide bonds. The fourth-order valence-electron chi connectivity index (χ4n) is 1.51. The topological polar surface area (TPSA) is 44.0 Å². The van der Waals surface area contributed by atoms with Gasteiger partial charge in [-0.05, 0) is 12.5 Å². The second kappa shape index (κ2) is 4.08. The standard InChI is InChI=1S/C10H12BrNO/c1-2-6-10(13)8(7-12)4-3-5-9(10)11/h3-5,8,13H,2,6H2,1H3. The zero-order valence-electron chi connectivity index (χ0n) is 7.50. The van der Waals surface area contributed by atoms with Crippen molar-refractivity contribution in [3.8, 4) is 6.07 Å². The SMILES string of the molecule is CCCC1(O)C(Br)=CC=CC1C#N. The van der Waals surface area contributed by atoms with Gasteiger partial charge in [0.2, 0.25) is 0 Å². The average molecular weight is 242 g/mol. The van der Waals surface area contributed by atoms with Crippen molar-refractivity contribution < 1.29 is 5.11 Å². The summed E-state index contributed by atoms with van der Waals surface area (Å²) in [6.45, 7) is 1.99. The molecule has 1 aliphatic rings. The van der Waals surface area contributed by atoms with Crippen molar-refractivity contribution in [2.75, 3.05) is 0 Å². The van der Waals surface area contributed by atoms with Gasteiger partial charge in [-0.15, -0.1) is 0 Å². The summed E-state index contributed by atoms with van der Waals surface area (Å²) >= 11 is 3.30. The molecule has 0 fully saturated rings. The molecule has 1 aliphatic carbocycles. The molecule has 70 valence electrons. The van der Waals surface area contributed by atoms with Gasteiger partial charge in [0.1, 0.15) is 5.60 Å². The van der Waals surface area contributed by atoms with Crippen molar-refractivity contribution in [2.45, 2.75) is 25.4 Å². The van der Waals surface area contributed by atoms with Gasteiger partial charge >= 0.3 is 0 Å². The molecule has 2 unspecified atom stereocenters. The summed E-state index contributed by atoms with van der Waals surface area (Å²) < 4.78 is 0.705. The minimum absolute atomic E-state index is 0.438. The van der Waals surface area contributed by atoms with E-state index in [9.17, 15) is 5.11 Å². The van der Waals surface area contributed by atoms with E-state index in [1.165, 1.54) is 0 Å². The van der Waals surface area contributed by atoms with Crippen LogP contribution in [0, 0.1) is 17.2 Å². The second-order valence-electron chi connectivity index (χ2n) is 3.18. The highest BCUT2D eigenvalue weighted by Gasteiger charge is 2.38. The number of nitrogens with zero attached hydrogens (tertiary/aromatic N) is 1. The molecule has 0 aliphatic heterocycles. The number of halogens is 1. The van der Waals surface area contributed by atoms with Crippen LogP contribution in [0.25, 0.3) is 0 Å². The van der Waals surface area contributed by atoms with Crippen LogP contribution in [-0.4, -0.2) is 10.7 Å². The van der Waals surface area contributed by atoms with Crippen LogP contribution in [0.5, 0.6) is 0 Å². The van der Waals surface area contributed by atoms with Crippen molar-refractivity contribution in [1.29, 1.82) is 5.26 Å². The van der Waals surface area contributed by atoms with E-state index in [1.54, 1.807) is 18.2 Å². The van der Waals surface area contributed by atoms with E-state index in [4.69, 9.17) is 5.26 Å². The van der Waals surface area contributed by atoms with Crippen LogP contribution in [0.4, 0.5) is 0 Å². The summed E-state index contributed by atoms with van der Waals surface area (Å²) in [6, 6.07) is 2.10. The highest BCUT2D eigenvalue weighted by molar-refractivity contribution is 9.11.